The smallest absolute Gasteiger partial charge is 0.273 e. The van der Waals surface area contributed by atoms with Gasteiger partial charge in [0, 0.05) is 12.7 Å². The van der Waals surface area contributed by atoms with Crippen molar-refractivity contribution in [3.05, 3.63) is 12.0 Å². The molecule has 0 saturated heterocycles. The second-order valence-electron chi connectivity index (χ2n) is 3.80. The number of rotatable bonds is 6. The van der Waals surface area contributed by atoms with E-state index in [2.05, 4.69) is 4.98 Å². The van der Waals surface area contributed by atoms with Crippen LogP contribution in [0.1, 0.15) is 12.7 Å². The fraction of sp³-hybridized carbons (Fsp3) is 0.667. The minimum Gasteiger partial charge on any atom is -0.334 e. The number of aryl methyl sites for hydroxylation is 2. The molecule has 1 aromatic heterocycles. The van der Waals surface area contributed by atoms with Crippen molar-refractivity contribution in [1.29, 1.82) is 0 Å². The average Bonchev–Trinajstić information content (AvgIpc) is 2.69. The molecule has 0 radical (unpaired) electrons. The first-order valence-electron chi connectivity index (χ1n) is 5.33. The van der Waals surface area contributed by atoms with Crippen molar-refractivity contribution >= 4 is 10.0 Å². The topological polar surface area (TPSA) is 90.0 Å². The molecule has 0 aliphatic rings. The number of sulfonamides is 1. The first-order valence-corrected chi connectivity index (χ1v) is 6.81. The van der Waals surface area contributed by atoms with Gasteiger partial charge in [0.15, 0.2) is 5.03 Å². The van der Waals surface area contributed by atoms with Crippen LogP contribution in [0.3, 0.4) is 0 Å². The Morgan fingerprint density at radius 2 is 2.17 bits per heavy atom. The maximum Gasteiger partial charge on any atom is 0.273 e. The van der Waals surface area contributed by atoms with Gasteiger partial charge in [-0.2, -0.15) is 0 Å². The lowest BCUT2D eigenvalue weighted by Gasteiger charge is -2.13. The van der Waals surface area contributed by atoms with Gasteiger partial charge in [-0.05, 0) is 13.8 Å². The SMILES string of the molecule is CCn1cc(S(=O)(=O)NCC(F)(F)CN)nc1C. The minimum absolute atomic E-state index is 0.269. The van der Waals surface area contributed by atoms with Gasteiger partial charge in [-0.3, -0.25) is 0 Å². The Bertz CT molecular complexity index is 513. The summed E-state index contributed by atoms with van der Waals surface area (Å²) in [7, 11) is -4.03. The normalized spacial score (nSPS) is 12.9. The maximum atomic E-state index is 12.9. The maximum absolute atomic E-state index is 12.9. The van der Waals surface area contributed by atoms with E-state index >= 15 is 0 Å². The number of nitrogens with one attached hydrogen (secondary N) is 1. The van der Waals surface area contributed by atoms with Crippen LogP contribution in [0.15, 0.2) is 11.2 Å². The minimum atomic E-state index is -4.03. The Hall–Kier alpha value is -1.06. The van der Waals surface area contributed by atoms with E-state index in [1.165, 1.54) is 6.20 Å². The molecule has 0 amide bonds. The third-order valence-corrected chi connectivity index (χ3v) is 3.66. The zero-order valence-corrected chi connectivity index (χ0v) is 11.0. The van der Waals surface area contributed by atoms with Crippen LogP contribution in [0.5, 0.6) is 0 Å². The van der Waals surface area contributed by atoms with Crippen LogP contribution in [0.25, 0.3) is 0 Å². The van der Waals surface area contributed by atoms with Crippen molar-refractivity contribution in [2.24, 2.45) is 5.73 Å². The lowest BCUT2D eigenvalue weighted by Crippen LogP contribution is -2.41. The molecule has 0 bridgehead atoms. The van der Waals surface area contributed by atoms with E-state index in [9.17, 15) is 17.2 Å². The number of nitrogens with zero attached hydrogens (tertiary/aromatic N) is 2. The highest BCUT2D eigenvalue weighted by Crippen LogP contribution is 2.13. The Labute approximate surface area is 104 Å². The molecule has 0 aliphatic carbocycles. The van der Waals surface area contributed by atoms with Gasteiger partial charge in [0.1, 0.15) is 5.82 Å². The zero-order chi connectivity index (χ0) is 14.0. The van der Waals surface area contributed by atoms with Crippen molar-refractivity contribution in [2.75, 3.05) is 13.1 Å². The molecule has 0 fully saturated rings. The predicted octanol–water partition coefficient (Wildman–Crippen LogP) is 0.0837. The molecular weight excluding hydrogens is 266 g/mol. The summed E-state index contributed by atoms with van der Waals surface area (Å²) in [4.78, 5) is 3.82. The molecular formula is C9H16F2N4O2S. The van der Waals surface area contributed by atoms with Crippen LogP contribution in [0.4, 0.5) is 8.78 Å². The van der Waals surface area contributed by atoms with Crippen LogP contribution in [-0.4, -0.2) is 37.0 Å². The van der Waals surface area contributed by atoms with Crippen molar-refractivity contribution in [3.8, 4) is 0 Å². The third-order valence-electron chi connectivity index (χ3n) is 2.39. The Morgan fingerprint density at radius 3 is 2.61 bits per heavy atom. The molecule has 0 saturated carbocycles. The van der Waals surface area contributed by atoms with E-state index < -0.39 is 29.0 Å². The molecule has 0 aromatic carbocycles. The number of hydrogen-bond donors (Lipinski definition) is 2. The van der Waals surface area contributed by atoms with Gasteiger partial charge in [0.25, 0.3) is 15.9 Å². The summed E-state index contributed by atoms with van der Waals surface area (Å²) in [6.07, 6.45) is 1.30. The number of alkyl halides is 2. The number of halogens is 2. The second kappa shape index (κ2) is 5.29. The largest absolute Gasteiger partial charge is 0.334 e. The fourth-order valence-electron chi connectivity index (χ4n) is 1.28. The number of hydrogen-bond acceptors (Lipinski definition) is 4. The first-order chi connectivity index (χ1) is 8.22. The molecule has 6 nitrogen and oxygen atoms in total. The molecule has 3 N–H and O–H groups in total. The van der Waals surface area contributed by atoms with Crippen LogP contribution in [0.2, 0.25) is 0 Å². The number of imidazole rings is 1. The predicted molar refractivity (Wildman–Crippen MR) is 61.8 cm³/mol. The van der Waals surface area contributed by atoms with Crippen LogP contribution >= 0.6 is 0 Å². The van der Waals surface area contributed by atoms with Gasteiger partial charge >= 0.3 is 0 Å². The highest BCUT2D eigenvalue weighted by Gasteiger charge is 2.30. The van der Waals surface area contributed by atoms with Crippen molar-refractivity contribution < 1.29 is 17.2 Å². The molecule has 0 atom stereocenters. The Kier molecular flexibility index (Phi) is 4.41. The summed E-state index contributed by atoms with van der Waals surface area (Å²) >= 11 is 0. The molecule has 0 aliphatic heterocycles. The Balaban J connectivity index is 2.86. The summed E-state index contributed by atoms with van der Waals surface area (Å²) < 4.78 is 52.6. The van der Waals surface area contributed by atoms with Crippen LogP contribution in [0, 0.1) is 6.92 Å². The summed E-state index contributed by atoms with van der Waals surface area (Å²) in [6, 6.07) is 0. The van der Waals surface area contributed by atoms with E-state index in [0.717, 1.165) is 0 Å². The van der Waals surface area contributed by atoms with E-state index in [4.69, 9.17) is 5.73 Å². The van der Waals surface area contributed by atoms with Gasteiger partial charge in [-0.1, -0.05) is 0 Å². The van der Waals surface area contributed by atoms with Crippen LogP contribution < -0.4 is 10.5 Å². The molecule has 1 aromatic rings. The average molecular weight is 282 g/mol. The van der Waals surface area contributed by atoms with E-state index in [-0.39, 0.29) is 5.03 Å². The highest BCUT2D eigenvalue weighted by molar-refractivity contribution is 7.89. The zero-order valence-electron chi connectivity index (χ0n) is 10.2. The van der Waals surface area contributed by atoms with Gasteiger partial charge in [-0.25, -0.2) is 26.9 Å². The first kappa shape index (κ1) is 15.0. The van der Waals surface area contributed by atoms with E-state index in [1.807, 2.05) is 6.92 Å². The standard InChI is InChI=1S/C9H16F2N4O2S/c1-3-15-4-8(14-7(15)2)18(16,17)13-6-9(10,11)5-12/h4,13H,3,5-6,12H2,1-2H3. The van der Waals surface area contributed by atoms with Crippen molar-refractivity contribution in [1.82, 2.24) is 14.3 Å². The summed E-state index contributed by atoms with van der Waals surface area (Å²) in [5, 5.41) is -0.269. The molecule has 1 rings (SSSR count). The number of nitrogens with two attached hydrogens (primary N) is 1. The summed E-state index contributed by atoms with van der Waals surface area (Å²) in [5.41, 5.74) is 4.82. The van der Waals surface area contributed by atoms with Gasteiger partial charge in [-0.15, -0.1) is 0 Å². The molecule has 0 spiro atoms. The van der Waals surface area contributed by atoms with Crippen molar-refractivity contribution in [2.45, 2.75) is 31.3 Å². The van der Waals surface area contributed by atoms with Crippen molar-refractivity contribution in [3.63, 3.8) is 0 Å². The summed E-state index contributed by atoms with van der Waals surface area (Å²) in [5.74, 6) is -2.77. The highest BCUT2D eigenvalue weighted by atomic mass is 32.2. The quantitative estimate of drug-likeness (QED) is 0.773. The van der Waals surface area contributed by atoms with Gasteiger partial charge < -0.3 is 10.3 Å². The summed E-state index contributed by atoms with van der Waals surface area (Å²) in [6.45, 7) is 2.05. The molecule has 9 heteroatoms. The lowest BCUT2D eigenvalue weighted by molar-refractivity contribution is 0.0170. The number of aromatic nitrogens is 2. The second-order valence-corrected chi connectivity index (χ2v) is 5.51. The monoisotopic (exact) mass is 282 g/mol. The van der Waals surface area contributed by atoms with E-state index in [0.29, 0.717) is 12.4 Å². The molecule has 1 heterocycles. The lowest BCUT2D eigenvalue weighted by atomic mass is 10.3. The Morgan fingerprint density at radius 1 is 1.56 bits per heavy atom. The fourth-order valence-corrected chi connectivity index (χ4v) is 2.34. The van der Waals surface area contributed by atoms with Gasteiger partial charge in [0.2, 0.25) is 0 Å². The molecule has 18 heavy (non-hydrogen) atoms. The third kappa shape index (κ3) is 3.47. The van der Waals surface area contributed by atoms with Crippen LogP contribution in [-0.2, 0) is 16.6 Å². The molecule has 0 unspecified atom stereocenters. The molecule has 104 valence electrons. The van der Waals surface area contributed by atoms with Gasteiger partial charge in [0.05, 0.1) is 13.1 Å². The van der Waals surface area contributed by atoms with E-state index in [1.54, 1.807) is 16.2 Å².